The molecule has 2 aromatic rings. The van der Waals surface area contributed by atoms with Crippen molar-refractivity contribution in [1.29, 1.82) is 0 Å². The lowest BCUT2D eigenvalue weighted by molar-refractivity contribution is -0.148. The first-order valence-electron chi connectivity index (χ1n) is 12.6. The molecule has 2 aromatic carbocycles. The van der Waals surface area contributed by atoms with E-state index in [4.69, 9.17) is 4.74 Å². The zero-order chi connectivity index (χ0) is 25.9. The van der Waals surface area contributed by atoms with Crippen LogP contribution in [0.2, 0.25) is 0 Å². The highest BCUT2D eigenvalue weighted by atomic mass is 35.5. The number of rotatable bonds is 12. The van der Waals surface area contributed by atoms with Gasteiger partial charge in [-0.05, 0) is 55.4 Å². The molecule has 0 spiro atoms. The molecule has 2 unspecified atom stereocenters. The van der Waals surface area contributed by atoms with Crippen molar-refractivity contribution in [3.63, 3.8) is 0 Å². The maximum absolute atomic E-state index is 13.4. The van der Waals surface area contributed by atoms with Gasteiger partial charge < -0.3 is 14.7 Å². The number of carbonyl (C=O) groups is 3. The molecule has 9 heteroatoms. The molecule has 1 amide bonds. The molecule has 1 aliphatic rings. The van der Waals surface area contributed by atoms with Gasteiger partial charge in [-0.25, -0.2) is 4.39 Å². The predicted octanol–water partition coefficient (Wildman–Crippen LogP) is 4.34. The summed E-state index contributed by atoms with van der Waals surface area (Å²) in [6.07, 6.45) is 3.72. The number of unbranched alkanes of at least 4 members (excludes halogenated alkanes) is 1. The van der Waals surface area contributed by atoms with Crippen LogP contribution in [-0.2, 0) is 25.5 Å². The number of hydrogen-bond acceptors (Lipinski definition) is 5. The average molecular weight is 535 g/mol. The number of aryl methyl sites for hydroxylation is 1. The van der Waals surface area contributed by atoms with E-state index in [9.17, 15) is 23.9 Å². The number of halogens is 2. The van der Waals surface area contributed by atoms with Crippen LogP contribution in [0.3, 0.4) is 0 Å². The molecular formula is C28H36ClFN2O5. The smallest absolute Gasteiger partial charge is 0.323 e. The second kappa shape index (κ2) is 15.3. The second-order valence-electron chi connectivity index (χ2n) is 9.26. The predicted molar refractivity (Wildman–Crippen MR) is 141 cm³/mol. The number of hydrogen-bond donors (Lipinski definition) is 2. The minimum absolute atomic E-state index is 0. The number of amides is 1. The van der Waals surface area contributed by atoms with Crippen molar-refractivity contribution >= 4 is 30.3 Å². The third-order valence-electron chi connectivity index (χ3n) is 6.52. The summed E-state index contributed by atoms with van der Waals surface area (Å²) in [5.74, 6) is -2.36. The van der Waals surface area contributed by atoms with Crippen LogP contribution >= 0.6 is 12.4 Å². The molecule has 1 saturated heterocycles. The van der Waals surface area contributed by atoms with E-state index in [1.165, 1.54) is 17.0 Å². The summed E-state index contributed by atoms with van der Waals surface area (Å²) in [5, 5.41) is 12.6. The van der Waals surface area contributed by atoms with Crippen LogP contribution in [0.4, 0.5) is 4.39 Å². The molecule has 0 radical (unpaired) electrons. The number of nitrogens with one attached hydrogen (secondary N) is 1. The van der Waals surface area contributed by atoms with Crippen molar-refractivity contribution in [1.82, 2.24) is 10.2 Å². The van der Waals surface area contributed by atoms with E-state index in [2.05, 4.69) is 5.32 Å². The molecule has 0 aliphatic carbocycles. The summed E-state index contributed by atoms with van der Waals surface area (Å²) in [6.45, 7) is 2.10. The fourth-order valence-corrected chi connectivity index (χ4v) is 4.51. The molecule has 2 N–H and O–H groups in total. The summed E-state index contributed by atoms with van der Waals surface area (Å²) in [6, 6.07) is 14.4. The van der Waals surface area contributed by atoms with E-state index in [0.29, 0.717) is 32.3 Å². The lowest BCUT2D eigenvalue weighted by Gasteiger charge is -2.27. The number of likely N-dealkylation sites (tertiary alicyclic amines) is 1. The van der Waals surface area contributed by atoms with Crippen LogP contribution in [-0.4, -0.2) is 59.6 Å². The molecule has 0 saturated carbocycles. The Labute approximate surface area is 223 Å². The van der Waals surface area contributed by atoms with E-state index >= 15 is 0 Å². The van der Waals surface area contributed by atoms with Gasteiger partial charge in [0, 0.05) is 12.5 Å². The van der Waals surface area contributed by atoms with Crippen LogP contribution in [0.5, 0.6) is 0 Å². The molecule has 3 atom stereocenters. The molecular weight excluding hydrogens is 499 g/mol. The van der Waals surface area contributed by atoms with E-state index in [-0.39, 0.29) is 36.6 Å². The number of aliphatic carboxylic acids is 1. The molecule has 1 heterocycles. The van der Waals surface area contributed by atoms with E-state index in [1.54, 1.807) is 12.1 Å². The summed E-state index contributed by atoms with van der Waals surface area (Å²) < 4.78 is 18.9. The van der Waals surface area contributed by atoms with Crippen LogP contribution < -0.4 is 5.32 Å². The maximum Gasteiger partial charge on any atom is 0.323 e. The normalized spacial score (nSPS) is 18.4. The van der Waals surface area contributed by atoms with Gasteiger partial charge in [-0.1, -0.05) is 55.8 Å². The summed E-state index contributed by atoms with van der Waals surface area (Å²) >= 11 is 0. The van der Waals surface area contributed by atoms with Gasteiger partial charge in [0.05, 0.1) is 12.6 Å². The molecule has 1 aliphatic heterocycles. The first-order chi connectivity index (χ1) is 17.4. The minimum Gasteiger partial charge on any atom is -0.480 e. The largest absolute Gasteiger partial charge is 0.480 e. The third kappa shape index (κ3) is 9.44. The lowest BCUT2D eigenvalue weighted by Crippen LogP contribution is -2.52. The molecule has 3 rings (SSSR count). The number of carboxylic acid groups (broad SMARTS) is 1. The van der Waals surface area contributed by atoms with Crippen molar-refractivity contribution < 1.29 is 28.6 Å². The van der Waals surface area contributed by atoms with Crippen LogP contribution in [0.25, 0.3) is 0 Å². The van der Waals surface area contributed by atoms with Gasteiger partial charge in [0.15, 0.2) is 0 Å². The fraction of sp³-hybridized carbons (Fsp3) is 0.464. The SMILES string of the molecule is CCCCOC(=O)[C@H](CCc1ccccc1)NC1CCC(c2ccc(F)cc2)CN(CC(=O)O)C1=O.Cl. The van der Waals surface area contributed by atoms with Crippen LogP contribution in [0.1, 0.15) is 56.1 Å². The van der Waals surface area contributed by atoms with Crippen LogP contribution in [0.15, 0.2) is 54.6 Å². The van der Waals surface area contributed by atoms with Gasteiger partial charge in [0.2, 0.25) is 5.91 Å². The Morgan fingerprint density at radius 2 is 1.84 bits per heavy atom. The molecule has 7 nitrogen and oxygen atoms in total. The Bertz CT molecular complexity index is 1010. The highest BCUT2D eigenvalue weighted by Crippen LogP contribution is 2.28. The summed E-state index contributed by atoms with van der Waals surface area (Å²) in [4.78, 5) is 39.2. The topological polar surface area (TPSA) is 95.9 Å². The highest BCUT2D eigenvalue weighted by Gasteiger charge is 2.35. The molecule has 202 valence electrons. The van der Waals surface area contributed by atoms with Gasteiger partial charge in [-0.15, -0.1) is 12.4 Å². The third-order valence-corrected chi connectivity index (χ3v) is 6.52. The standard InChI is InChI=1S/C28H35FN2O5.ClH/c1-2-3-17-36-28(35)25(15-9-20-7-5-4-6-8-20)30-24-16-12-22(21-10-13-23(29)14-11-21)18-31(27(24)34)19-26(32)33;/h4-8,10-11,13-14,22,24-25,30H,2-3,9,12,15-19H2,1H3,(H,32,33);1H/t22?,24?,25-;/m0./s1. The van der Waals surface area contributed by atoms with Gasteiger partial charge in [-0.2, -0.15) is 0 Å². The first kappa shape index (κ1) is 30.3. The zero-order valence-corrected chi connectivity index (χ0v) is 21.9. The summed E-state index contributed by atoms with van der Waals surface area (Å²) in [5.41, 5.74) is 1.92. The Balaban J connectivity index is 0.00000481. The molecule has 0 bridgehead atoms. The van der Waals surface area contributed by atoms with Crippen LogP contribution in [0, 0.1) is 5.82 Å². The number of nitrogens with zero attached hydrogens (tertiary/aromatic N) is 1. The van der Waals surface area contributed by atoms with Crippen molar-refractivity contribution in [3.05, 3.63) is 71.5 Å². The highest BCUT2D eigenvalue weighted by molar-refractivity contribution is 5.86. The molecule has 0 aromatic heterocycles. The van der Waals surface area contributed by atoms with Crippen molar-refractivity contribution in [3.8, 4) is 0 Å². The first-order valence-corrected chi connectivity index (χ1v) is 12.6. The quantitative estimate of drug-likeness (QED) is 0.311. The van der Waals surface area contributed by atoms with Gasteiger partial charge in [0.25, 0.3) is 0 Å². The van der Waals surface area contributed by atoms with Gasteiger partial charge >= 0.3 is 11.9 Å². The van der Waals surface area contributed by atoms with Gasteiger partial charge in [-0.3, -0.25) is 19.7 Å². The Morgan fingerprint density at radius 1 is 1.14 bits per heavy atom. The number of carbonyl (C=O) groups excluding carboxylic acids is 2. The number of benzene rings is 2. The molecule has 1 fully saturated rings. The average Bonchev–Trinajstić information content (AvgIpc) is 3.01. The Morgan fingerprint density at radius 3 is 2.49 bits per heavy atom. The fourth-order valence-electron chi connectivity index (χ4n) is 4.51. The monoisotopic (exact) mass is 534 g/mol. The van der Waals surface area contributed by atoms with Crippen molar-refractivity contribution in [2.45, 2.75) is 63.5 Å². The second-order valence-corrected chi connectivity index (χ2v) is 9.26. The Kier molecular flexibility index (Phi) is 12.5. The summed E-state index contributed by atoms with van der Waals surface area (Å²) in [7, 11) is 0. The number of ether oxygens (including phenoxy) is 1. The van der Waals surface area contributed by atoms with Crippen molar-refractivity contribution in [2.75, 3.05) is 19.7 Å². The number of esters is 1. The van der Waals surface area contributed by atoms with E-state index in [1.807, 2.05) is 37.3 Å². The van der Waals surface area contributed by atoms with Gasteiger partial charge in [0.1, 0.15) is 18.4 Å². The molecule has 37 heavy (non-hydrogen) atoms. The number of carboxylic acids is 1. The van der Waals surface area contributed by atoms with E-state index in [0.717, 1.165) is 24.0 Å². The maximum atomic E-state index is 13.4. The van der Waals surface area contributed by atoms with Crippen molar-refractivity contribution in [2.24, 2.45) is 0 Å². The zero-order valence-electron chi connectivity index (χ0n) is 21.1. The lowest BCUT2D eigenvalue weighted by atomic mass is 9.93. The Hall–Kier alpha value is -2.97. The van der Waals surface area contributed by atoms with E-state index < -0.39 is 30.6 Å². The minimum atomic E-state index is -1.11.